The van der Waals surface area contributed by atoms with Gasteiger partial charge >= 0.3 is 0 Å². The number of carbonyl (C=O) groups is 1. The van der Waals surface area contributed by atoms with Gasteiger partial charge < -0.3 is 14.8 Å². The van der Waals surface area contributed by atoms with Crippen LogP contribution in [0.5, 0.6) is 11.5 Å². The Morgan fingerprint density at radius 1 is 0.969 bits per heavy atom. The second kappa shape index (κ2) is 9.69. The van der Waals surface area contributed by atoms with Crippen molar-refractivity contribution in [2.75, 3.05) is 30.4 Å². The summed E-state index contributed by atoms with van der Waals surface area (Å²) < 4.78 is 52.6. The van der Waals surface area contributed by atoms with E-state index >= 15 is 0 Å². The van der Waals surface area contributed by atoms with Gasteiger partial charge in [0.1, 0.15) is 12.4 Å². The molecular formula is C23H23FN2O5S. The van der Waals surface area contributed by atoms with E-state index in [9.17, 15) is 17.6 Å². The van der Waals surface area contributed by atoms with Gasteiger partial charge in [-0.05, 0) is 43.3 Å². The number of hydrogen-bond acceptors (Lipinski definition) is 5. The number of nitrogens with one attached hydrogen (secondary N) is 1. The molecule has 32 heavy (non-hydrogen) atoms. The molecule has 9 heteroatoms. The lowest BCUT2D eigenvalue weighted by atomic mass is 10.2. The second-order valence-corrected chi connectivity index (χ2v) is 8.76. The quantitative estimate of drug-likeness (QED) is 0.552. The molecule has 0 fully saturated rings. The fourth-order valence-corrected chi connectivity index (χ4v) is 4.47. The van der Waals surface area contributed by atoms with E-state index in [1.165, 1.54) is 50.6 Å². The molecule has 0 aliphatic carbocycles. The minimum atomic E-state index is -4.33. The molecule has 0 atom stereocenters. The zero-order valence-corrected chi connectivity index (χ0v) is 18.6. The Kier molecular flexibility index (Phi) is 6.99. The average molecular weight is 459 g/mol. The first-order valence-corrected chi connectivity index (χ1v) is 11.1. The molecule has 3 aromatic rings. The van der Waals surface area contributed by atoms with Crippen molar-refractivity contribution in [1.29, 1.82) is 0 Å². The topological polar surface area (TPSA) is 84.9 Å². The van der Waals surface area contributed by atoms with E-state index in [-0.39, 0.29) is 16.3 Å². The lowest BCUT2D eigenvalue weighted by molar-refractivity contribution is -0.114. The third kappa shape index (κ3) is 5.00. The molecule has 0 aliphatic rings. The minimum absolute atomic E-state index is 0.179. The summed E-state index contributed by atoms with van der Waals surface area (Å²) in [5, 5.41) is 2.64. The molecule has 0 saturated carbocycles. The first-order chi connectivity index (χ1) is 15.3. The molecule has 0 bridgehead atoms. The summed E-state index contributed by atoms with van der Waals surface area (Å²) in [5.74, 6) is -0.881. The van der Waals surface area contributed by atoms with Gasteiger partial charge in [-0.1, -0.05) is 29.8 Å². The molecular weight excluding hydrogens is 435 g/mol. The zero-order chi connectivity index (χ0) is 23.3. The third-order valence-electron chi connectivity index (χ3n) is 4.69. The Labute approximate surface area is 186 Å². The Balaban J connectivity index is 2.00. The number of rotatable bonds is 8. The van der Waals surface area contributed by atoms with Crippen molar-refractivity contribution in [2.45, 2.75) is 11.8 Å². The summed E-state index contributed by atoms with van der Waals surface area (Å²) in [6.07, 6.45) is 0. The Bertz CT molecular complexity index is 1210. The summed E-state index contributed by atoms with van der Waals surface area (Å²) in [6.45, 7) is 1.27. The number of carbonyl (C=O) groups excluding carboxylic acids is 1. The largest absolute Gasteiger partial charge is 0.493 e. The highest BCUT2D eigenvalue weighted by molar-refractivity contribution is 7.92. The molecule has 0 aliphatic heterocycles. The van der Waals surface area contributed by atoms with Gasteiger partial charge in [-0.25, -0.2) is 12.8 Å². The zero-order valence-electron chi connectivity index (χ0n) is 17.8. The van der Waals surface area contributed by atoms with Crippen LogP contribution in [0.25, 0.3) is 0 Å². The SMILES string of the molecule is COc1ccc(S(=O)(=O)N(CC(=O)Nc2ccc(C)cc2)c2ccccc2F)cc1OC. The van der Waals surface area contributed by atoms with E-state index in [1.807, 2.05) is 19.1 Å². The van der Waals surface area contributed by atoms with E-state index in [4.69, 9.17) is 9.47 Å². The van der Waals surface area contributed by atoms with Crippen molar-refractivity contribution in [1.82, 2.24) is 0 Å². The van der Waals surface area contributed by atoms with Crippen molar-refractivity contribution in [2.24, 2.45) is 0 Å². The van der Waals surface area contributed by atoms with Crippen LogP contribution >= 0.6 is 0 Å². The van der Waals surface area contributed by atoms with Crippen molar-refractivity contribution >= 4 is 27.3 Å². The Morgan fingerprint density at radius 3 is 2.25 bits per heavy atom. The third-order valence-corrected chi connectivity index (χ3v) is 6.44. The molecule has 3 aromatic carbocycles. The van der Waals surface area contributed by atoms with Gasteiger partial charge in [-0.2, -0.15) is 0 Å². The van der Waals surface area contributed by atoms with Crippen LogP contribution in [0.1, 0.15) is 5.56 Å². The summed E-state index contributed by atoms with van der Waals surface area (Å²) in [4.78, 5) is 12.5. The van der Waals surface area contributed by atoms with E-state index in [1.54, 1.807) is 12.1 Å². The fourth-order valence-electron chi connectivity index (χ4n) is 3.03. The number of ether oxygens (including phenoxy) is 2. The predicted octanol–water partition coefficient (Wildman–Crippen LogP) is 3.99. The smallest absolute Gasteiger partial charge is 0.265 e. The summed E-state index contributed by atoms with van der Waals surface area (Å²) in [6, 6.07) is 16.4. The number of hydrogen-bond donors (Lipinski definition) is 1. The second-order valence-electron chi connectivity index (χ2n) is 6.89. The van der Waals surface area contributed by atoms with Crippen molar-refractivity contribution in [3.05, 3.63) is 78.1 Å². The molecule has 0 aromatic heterocycles. The molecule has 168 valence electrons. The average Bonchev–Trinajstić information content (AvgIpc) is 2.79. The highest BCUT2D eigenvalue weighted by Gasteiger charge is 2.30. The van der Waals surface area contributed by atoms with Gasteiger partial charge in [0.15, 0.2) is 11.5 Å². The van der Waals surface area contributed by atoms with Gasteiger partial charge in [0.05, 0.1) is 24.8 Å². The summed E-state index contributed by atoms with van der Waals surface area (Å²) in [5.41, 5.74) is 1.26. The maximum Gasteiger partial charge on any atom is 0.265 e. The highest BCUT2D eigenvalue weighted by Crippen LogP contribution is 2.32. The van der Waals surface area contributed by atoms with Crippen molar-refractivity contribution < 1.29 is 27.1 Å². The maximum atomic E-state index is 14.6. The number of halogens is 1. The first kappa shape index (κ1) is 23.1. The lowest BCUT2D eigenvalue weighted by Gasteiger charge is -2.25. The molecule has 0 heterocycles. The van der Waals surface area contributed by atoms with Crippen LogP contribution in [0.2, 0.25) is 0 Å². The summed E-state index contributed by atoms with van der Waals surface area (Å²) in [7, 11) is -1.53. The predicted molar refractivity (Wildman–Crippen MR) is 120 cm³/mol. The van der Waals surface area contributed by atoms with Gasteiger partial charge in [0, 0.05) is 11.8 Å². The van der Waals surface area contributed by atoms with Gasteiger partial charge in [-0.15, -0.1) is 0 Å². The van der Waals surface area contributed by atoms with Crippen LogP contribution in [-0.4, -0.2) is 35.1 Å². The molecule has 0 spiro atoms. The van der Waals surface area contributed by atoms with E-state index in [0.29, 0.717) is 11.4 Å². The number of nitrogens with zero attached hydrogens (tertiary/aromatic N) is 1. The van der Waals surface area contributed by atoms with Gasteiger partial charge in [0.2, 0.25) is 5.91 Å². The van der Waals surface area contributed by atoms with Crippen LogP contribution < -0.4 is 19.1 Å². The van der Waals surface area contributed by atoms with Crippen molar-refractivity contribution in [3.63, 3.8) is 0 Å². The first-order valence-electron chi connectivity index (χ1n) is 9.62. The summed E-state index contributed by atoms with van der Waals surface area (Å²) >= 11 is 0. The van der Waals surface area contributed by atoms with E-state index < -0.39 is 28.3 Å². The van der Waals surface area contributed by atoms with E-state index in [2.05, 4.69) is 5.32 Å². The van der Waals surface area contributed by atoms with Crippen LogP contribution in [-0.2, 0) is 14.8 Å². The number of methoxy groups -OCH3 is 2. The molecule has 3 rings (SSSR count). The Morgan fingerprint density at radius 2 is 1.62 bits per heavy atom. The number of benzene rings is 3. The number of para-hydroxylation sites is 1. The van der Waals surface area contributed by atoms with Crippen LogP contribution in [0.15, 0.2) is 71.6 Å². The van der Waals surface area contributed by atoms with Crippen LogP contribution in [0.4, 0.5) is 15.8 Å². The molecule has 1 amide bonds. The van der Waals surface area contributed by atoms with Crippen LogP contribution in [0.3, 0.4) is 0 Å². The maximum absolute atomic E-state index is 14.6. The monoisotopic (exact) mass is 458 g/mol. The molecule has 0 saturated heterocycles. The number of amides is 1. The van der Waals surface area contributed by atoms with Crippen molar-refractivity contribution in [3.8, 4) is 11.5 Å². The lowest BCUT2D eigenvalue weighted by Crippen LogP contribution is -2.38. The molecule has 0 unspecified atom stereocenters. The fraction of sp³-hybridized carbons (Fsp3) is 0.174. The number of anilines is 2. The number of sulfonamides is 1. The van der Waals surface area contributed by atoms with Crippen LogP contribution in [0, 0.1) is 12.7 Å². The molecule has 0 radical (unpaired) electrons. The van der Waals surface area contributed by atoms with Gasteiger partial charge in [-0.3, -0.25) is 9.10 Å². The molecule has 7 nitrogen and oxygen atoms in total. The minimum Gasteiger partial charge on any atom is -0.493 e. The standard InChI is InChI=1S/C23H23FN2O5S/c1-16-8-10-17(11-9-16)25-23(27)15-26(20-7-5-4-6-19(20)24)32(28,29)18-12-13-21(30-2)22(14-18)31-3/h4-14H,15H2,1-3H3,(H,25,27). The molecule has 1 N–H and O–H groups in total. The van der Waals surface area contributed by atoms with E-state index in [0.717, 1.165) is 15.9 Å². The normalized spacial score (nSPS) is 11.0. The van der Waals surface area contributed by atoms with Gasteiger partial charge in [0.25, 0.3) is 10.0 Å². The Hall–Kier alpha value is -3.59. The highest BCUT2D eigenvalue weighted by atomic mass is 32.2. The number of aryl methyl sites for hydroxylation is 1.